The van der Waals surface area contributed by atoms with Gasteiger partial charge < -0.3 is 29.2 Å². The molecule has 4 fully saturated rings. The third kappa shape index (κ3) is 6.14. The molecule has 4 aliphatic rings. The second-order valence-corrected chi connectivity index (χ2v) is 14.9. The van der Waals surface area contributed by atoms with Crippen molar-refractivity contribution in [1.29, 1.82) is 0 Å². The number of fused-ring (bicyclic) bond motifs is 2. The number of amides is 1. The average molecular weight is 665 g/mol. The molecule has 0 radical (unpaired) electrons. The molecule has 1 aromatic carbocycles. The molecule has 4 aromatic rings. The summed E-state index contributed by atoms with van der Waals surface area (Å²) < 4.78 is 16.5. The third-order valence-corrected chi connectivity index (χ3v) is 11.7. The second kappa shape index (κ2) is 13.5. The standard InChI is InChI=1S/C40H52N6O3/c1-26-37(42-46-24-31(22-36(48-4)38(26)46)27(2)44-17-8-10-32(25-44)41-3)34-21-30-9-7-11-33(39(30)45(34)23-28-13-14-28)29-15-18-43(19-16-29)40(47)35-12-5-6-20-49-35/h7,9,11,21-22,24,28-29,32,35,41H,2,5-6,8,10,12-20,23,25H2,1,3-4H3/t32-,35?/m1/s1. The van der Waals surface area contributed by atoms with E-state index in [1.54, 1.807) is 7.11 Å². The topological polar surface area (TPSA) is 76.3 Å². The van der Waals surface area contributed by atoms with Crippen LogP contribution in [0.3, 0.4) is 0 Å². The summed E-state index contributed by atoms with van der Waals surface area (Å²) in [5, 5.41) is 10.0. The molecule has 9 nitrogen and oxygen atoms in total. The smallest absolute Gasteiger partial charge is 0.251 e. The maximum absolute atomic E-state index is 13.2. The van der Waals surface area contributed by atoms with Crippen molar-refractivity contribution in [3.63, 3.8) is 0 Å². The van der Waals surface area contributed by atoms with Gasteiger partial charge in [-0.3, -0.25) is 4.79 Å². The molecule has 9 heteroatoms. The summed E-state index contributed by atoms with van der Waals surface area (Å²) >= 11 is 0. The van der Waals surface area contributed by atoms with E-state index in [4.69, 9.17) is 14.6 Å². The number of carbonyl (C=O) groups is 1. The van der Waals surface area contributed by atoms with E-state index in [9.17, 15) is 4.79 Å². The van der Waals surface area contributed by atoms with Crippen LogP contribution in [0.25, 0.3) is 33.5 Å². The number of nitrogens with zero attached hydrogens (tertiary/aromatic N) is 5. The molecule has 2 atom stereocenters. The van der Waals surface area contributed by atoms with Gasteiger partial charge in [0, 0.05) is 73.8 Å². The Kier molecular flexibility index (Phi) is 8.91. The number of hydrogen-bond donors (Lipinski definition) is 1. The van der Waals surface area contributed by atoms with Crippen molar-refractivity contribution in [1.82, 2.24) is 29.3 Å². The average Bonchev–Trinajstić information content (AvgIpc) is 3.82. The Bertz CT molecular complexity index is 1860. The number of ether oxygens (including phenoxy) is 2. The first kappa shape index (κ1) is 32.4. The number of nitrogens with one attached hydrogen (secondary N) is 1. The number of aromatic nitrogens is 3. The number of carbonyl (C=O) groups excluding carboxylic acids is 1. The molecule has 1 saturated carbocycles. The van der Waals surface area contributed by atoms with Gasteiger partial charge in [0.15, 0.2) is 0 Å². The number of pyridine rings is 1. The van der Waals surface area contributed by atoms with Crippen molar-refractivity contribution in [3.8, 4) is 17.1 Å². The van der Waals surface area contributed by atoms with Crippen molar-refractivity contribution in [2.75, 3.05) is 46.9 Å². The SMILES string of the molecule is C=C(c1cc(OC)c2c(C)c(-c3cc4cccc(C5CCN(C(=O)C6CCCCO6)CC5)c4n3CC3CC3)nn2c1)N1CCC[C@@H](NC)C1. The fourth-order valence-electron chi connectivity index (χ4n) is 8.66. The van der Waals surface area contributed by atoms with E-state index < -0.39 is 0 Å². The van der Waals surface area contributed by atoms with Crippen LogP contribution in [0.1, 0.15) is 80.4 Å². The Labute approximate surface area is 290 Å². The zero-order chi connectivity index (χ0) is 33.6. The first-order chi connectivity index (χ1) is 23.9. The van der Waals surface area contributed by atoms with Gasteiger partial charge in [-0.2, -0.15) is 5.10 Å². The lowest BCUT2D eigenvalue weighted by atomic mass is 9.88. The number of piperidine rings is 2. The monoisotopic (exact) mass is 664 g/mol. The Balaban J connectivity index is 1.13. The van der Waals surface area contributed by atoms with E-state index in [0.29, 0.717) is 24.5 Å². The molecule has 1 N–H and O–H groups in total. The summed E-state index contributed by atoms with van der Waals surface area (Å²) in [6.45, 7) is 12.0. The number of benzene rings is 1. The zero-order valence-electron chi connectivity index (χ0n) is 29.5. The van der Waals surface area contributed by atoms with Gasteiger partial charge >= 0.3 is 0 Å². The van der Waals surface area contributed by atoms with Gasteiger partial charge in [-0.1, -0.05) is 24.8 Å². The van der Waals surface area contributed by atoms with Crippen LogP contribution < -0.4 is 10.1 Å². The van der Waals surface area contributed by atoms with Crippen LogP contribution in [0.2, 0.25) is 0 Å². The van der Waals surface area contributed by atoms with Crippen LogP contribution in [0.5, 0.6) is 5.75 Å². The van der Waals surface area contributed by atoms with E-state index >= 15 is 0 Å². The van der Waals surface area contributed by atoms with Gasteiger partial charge in [-0.05, 0) is 101 Å². The molecule has 8 rings (SSSR count). The van der Waals surface area contributed by atoms with Crippen LogP contribution in [0.15, 0.2) is 43.1 Å². The van der Waals surface area contributed by atoms with Gasteiger partial charge in [0.05, 0.1) is 18.3 Å². The highest BCUT2D eigenvalue weighted by molar-refractivity contribution is 5.91. The maximum Gasteiger partial charge on any atom is 0.251 e. The number of hydrogen-bond acceptors (Lipinski definition) is 6. The van der Waals surface area contributed by atoms with E-state index in [1.807, 2.05) is 11.6 Å². The third-order valence-electron chi connectivity index (χ3n) is 11.7. The summed E-state index contributed by atoms with van der Waals surface area (Å²) in [5.41, 5.74) is 9.11. The lowest BCUT2D eigenvalue weighted by molar-refractivity contribution is -0.147. The quantitative estimate of drug-likeness (QED) is 0.217. The predicted octanol–water partition coefficient (Wildman–Crippen LogP) is 6.61. The molecule has 6 heterocycles. The Morgan fingerprint density at radius 2 is 1.86 bits per heavy atom. The molecule has 3 saturated heterocycles. The molecule has 0 spiro atoms. The molecule has 1 aliphatic carbocycles. The lowest BCUT2D eigenvalue weighted by Crippen LogP contribution is -2.45. The minimum absolute atomic E-state index is 0.193. The van der Waals surface area contributed by atoms with Crippen LogP contribution in [0.4, 0.5) is 0 Å². The second-order valence-electron chi connectivity index (χ2n) is 14.9. The summed E-state index contributed by atoms with van der Waals surface area (Å²) in [4.78, 5) is 17.7. The highest BCUT2D eigenvalue weighted by atomic mass is 16.5. The van der Waals surface area contributed by atoms with Crippen LogP contribution >= 0.6 is 0 Å². The molecule has 260 valence electrons. The normalized spacial score (nSPS) is 22.3. The number of likely N-dealkylation sites (N-methyl/N-ethyl adjacent to an activating group) is 1. The van der Waals surface area contributed by atoms with Gasteiger partial charge in [-0.25, -0.2) is 4.52 Å². The number of likely N-dealkylation sites (tertiary alicyclic amines) is 2. The Morgan fingerprint density at radius 1 is 1.02 bits per heavy atom. The fraction of sp³-hybridized carbons (Fsp3) is 0.550. The highest BCUT2D eigenvalue weighted by Gasteiger charge is 2.33. The summed E-state index contributed by atoms with van der Waals surface area (Å²) in [6.07, 6.45) is 11.7. The van der Waals surface area contributed by atoms with Crippen molar-refractivity contribution >= 4 is 28.0 Å². The molecular weight excluding hydrogens is 612 g/mol. The minimum atomic E-state index is -0.246. The molecule has 3 aliphatic heterocycles. The molecule has 49 heavy (non-hydrogen) atoms. The summed E-state index contributed by atoms with van der Waals surface area (Å²) in [5.74, 6) is 2.12. The lowest BCUT2D eigenvalue weighted by Gasteiger charge is -2.35. The van der Waals surface area contributed by atoms with Crippen molar-refractivity contribution in [3.05, 3.63) is 59.8 Å². The van der Waals surface area contributed by atoms with Gasteiger partial charge in [0.2, 0.25) is 0 Å². The molecule has 0 bridgehead atoms. The van der Waals surface area contributed by atoms with Crippen LogP contribution in [0, 0.1) is 12.8 Å². The maximum atomic E-state index is 13.2. The molecule has 1 amide bonds. The zero-order valence-corrected chi connectivity index (χ0v) is 29.5. The molecule has 3 aromatic heterocycles. The number of para-hydroxylation sites is 1. The van der Waals surface area contributed by atoms with Gasteiger partial charge in [-0.15, -0.1) is 0 Å². The van der Waals surface area contributed by atoms with Crippen molar-refractivity contribution in [2.45, 2.75) is 89.3 Å². The Hall–Kier alpha value is -3.82. The first-order valence-electron chi connectivity index (χ1n) is 18.6. The number of rotatable bonds is 9. The molecular formula is C40H52N6O3. The van der Waals surface area contributed by atoms with E-state index in [0.717, 1.165) is 105 Å². The van der Waals surface area contributed by atoms with E-state index in [1.165, 1.54) is 41.4 Å². The van der Waals surface area contributed by atoms with Crippen LogP contribution in [-0.4, -0.2) is 89.0 Å². The minimum Gasteiger partial charge on any atom is -0.494 e. The van der Waals surface area contributed by atoms with E-state index in [2.05, 4.69) is 69.7 Å². The first-order valence-corrected chi connectivity index (χ1v) is 18.6. The largest absolute Gasteiger partial charge is 0.494 e. The highest BCUT2D eigenvalue weighted by Crippen LogP contribution is 2.42. The number of aryl methyl sites for hydroxylation is 1. The van der Waals surface area contributed by atoms with Crippen LogP contribution in [-0.2, 0) is 16.1 Å². The summed E-state index contributed by atoms with van der Waals surface area (Å²) in [7, 11) is 3.80. The Morgan fingerprint density at radius 3 is 2.59 bits per heavy atom. The fourth-order valence-corrected chi connectivity index (χ4v) is 8.66. The van der Waals surface area contributed by atoms with Gasteiger partial charge in [0.25, 0.3) is 5.91 Å². The van der Waals surface area contributed by atoms with E-state index in [-0.39, 0.29) is 12.0 Å². The molecule has 1 unspecified atom stereocenters. The summed E-state index contributed by atoms with van der Waals surface area (Å²) in [6, 6.07) is 11.8. The van der Waals surface area contributed by atoms with Gasteiger partial charge in [0.1, 0.15) is 23.1 Å². The number of methoxy groups -OCH3 is 1. The van der Waals surface area contributed by atoms with Crippen molar-refractivity contribution in [2.24, 2.45) is 5.92 Å². The van der Waals surface area contributed by atoms with Crippen molar-refractivity contribution < 1.29 is 14.3 Å². The predicted molar refractivity (Wildman–Crippen MR) is 195 cm³/mol.